The van der Waals surface area contributed by atoms with Crippen LogP contribution < -0.4 is 4.74 Å². The molecule has 1 N–H and O–H groups in total. The third-order valence-corrected chi connectivity index (χ3v) is 4.12. The number of ether oxygens (including phenoxy) is 1. The summed E-state index contributed by atoms with van der Waals surface area (Å²) in [5, 5.41) is 10.7. The highest BCUT2D eigenvalue weighted by atomic mass is 19.1. The average molecular weight is 252 g/mol. The molecule has 0 heterocycles. The van der Waals surface area contributed by atoms with Crippen LogP contribution in [0.5, 0.6) is 5.75 Å². The fourth-order valence-electron chi connectivity index (χ4n) is 2.64. The van der Waals surface area contributed by atoms with Gasteiger partial charge in [0.25, 0.3) is 0 Å². The molecular formula is C15H21FO2. The number of halogens is 1. The predicted molar refractivity (Wildman–Crippen MR) is 69.1 cm³/mol. The molecule has 0 aromatic heterocycles. The molecule has 3 heteroatoms. The van der Waals surface area contributed by atoms with Gasteiger partial charge in [0.2, 0.25) is 0 Å². The van der Waals surface area contributed by atoms with Crippen molar-refractivity contribution in [3.05, 3.63) is 29.6 Å². The summed E-state index contributed by atoms with van der Waals surface area (Å²) in [5.74, 6) is -0.229. The second-order valence-corrected chi connectivity index (χ2v) is 6.02. The highest BCUT2D eigenvalue weighted by Gasteiger charge is 2.39. The van der Waals surface area contributed by atoms with Gasteiger partial charge >= 0.3 is 0 Å². The maximum Gasteiger partial charge on any atom is 0.171 e. The van der Waals surface area contributed by atoms with E-state index in [1.165, 1.54) is 7.11 Å². The lowest BCUT2D eigenvalue weighted by atomic mass is 9.69. The number of hydrogen-bond acceptors (Lipinski definition) is 2. The average Bonchev–Trinajstić information content (AvgIpc) is 2.34. The molecule has 0 atom stereocenters. The van der Waals surface area contributed by atoms with Gasteiger partial charge < -0.3 is 9.84 Å². The van der Waals surface area contributed by atoms with Crippen molar-refractivity contribution in [3.8, 4) is 5.75 Å². The van der Waals surface area contributed by atoms with Crippen molar-refractivity contribution >= 4 is 0 Å². The van der Waals surface area contributed by atoms with E-state index in [1.54, 1.807) is 18.2 Å². The summed E-state index contributed by atoms with van der Waals surface area (Å²) in [5.41, 5.74) is -0.437. The monoisotopic (exact) mass is 252 g/mol. The van der Waals surface area contributed by atoms with Crippen LogP contribution in [0.1, 0.15) is 45.1 Å². The quantitative estimate of drug-likeness (QED) is 0.871. The molecule has 0 unspecified atom stereocenters. The normalized spacial score (nSPS) is 21.6. The standard InChI is InChI=1S/C15H21FO2/c1-14(2)7-9-15(17,10-8-14)11-5-4-6-12(18-3)13(11)16/h4-6,17H,7-10H2,1-3H3. The van der Waals surface area contributed by atoms with Gasteiger partial charge in [-0.05, 0) is 37.2 Å². The van der Waals surface area contributed by atoms with Gasteiger partial charge in [-0.25, -0.2) is 4.39 Å². The minimum atomic E-state index is -1.05. The first-order valence-electron chi connectivity index (χ1n) is 6.43. The van der Waals surface area contributed by atoms with Crippen molar-refractivity contribution in [1.29, 1.82) is 0 Å². The van der Waals surface area contributed by atoms with Crippen molar-refractivity contribution in [3.63, 3.8) is 0 Å². The van der Waals surface area contributed by atoms with Gasteiger partial charge in [0, 0.05) is 5.56 Å². The fraction of sp³-hybridized carbons (Fsp3) is 0.600. The van der Waals surface area contributed by atoms with E-state index in [0.29, 0.717) is 18.4 Å². The molecule has 1 aromatic carbocycles. The largest absolute Gasteiger partial charge is 0.494 e. The van der Waals surface area contributed by atoms with Gasteiger partial charge in [-0.15, -0.1) is 0 Å². The molecule has 0 amide bonds. The summed E-state index contributed by atoms with van der Waals surface area (Å²) in [6.45, 7) is 4.38. The number of methoxy groups -OCH3 is 1. The smallest absolute Gasteiger partial charge is 0.171 e. The Hall–Kier alpha value is -1.09. The molecule has 0 radical (unpaired) electrons. The Morgan fingerprint density at radius 2 is 1.78 bits per heavy atom. The van der Waals surface area contributed by atoms with Crippen LogP contribution >= 0.6 is 0 Å². The minimum Gasteiger partial charge on any atom is -0.494 e. The maximum atomic E-state index is 14.2. The molecule has 0 bridgehead atoms. The van der Waals surface area contributed by atoms with E-state index in [9.17, 15) is 9.50 Å². The fourth-order valence-corrected chi connectivity index (χ4v) is 2.64. The van der Waals surface area contributed by atoms with Crippen molar-refractivity contribution in [2.75, 3.05) is 7.11 Å². The van der Waals surface area contributed by atoms with Crippen LogP contribution in [-0.2, 0) is 5.60 Å². The van der Waals surface area contributed by atoms with Crippen LogP contribution in [0, 0.1) is 11.2 Å². The van der Waals surface area contributed by atoms with Gasteiger partial charge in [0.1, 0.15) is 0 Å². The van der Waals surface area contributed by atoms with Crippen LogP contribution in [0.2, 0.25) is 0 Å². The zero-order valence-corrected chi connectivity index (χ0v) is 11.3. The Morgan fingerprint density at radius 3 is 2.33 bits per heavy atom. The molecule has 100 valence electrons. The van der Waals surface area contributed by atoms with Crippen molar-refractivity contribution in [2.45, 2.75) is 45.1 Å². The van der Waals surface area contributed by atoms with E-state index in [0.717, 1.165) is 12.8 Å². The SMILES string of the molecule is COc1cccc(C2(O)CCC(C)(C)CC2)c1F. The molecule has 18 heavy (non-hydrogen) atoms. The third-order valence-electron chi connectivity index (χ3n) is 4.12. The Balaban J connectivity index is 2.31. The van der Waals surface area contributed by atoms with Gasteiger partial charge in [-0.3, -0.25) is 0 Å². The van der Waals surface area contributed by atoms with Crippen LogP contribution in [0.4, 0.5) is 4.39 Å². The number of rotatable bonds is 2. The zero-order chi connectivity index (χ0) is 13.4. The van der Waals surface area contributed by atoms with Crippen molar-refractivity contribution in [1.82, 2.24) is 0 Å². The van der Waals surface area contributed by atoms with E-state index in [2.05, 4.69) is 13.8 Å². The molecule has 2 rings (SSSR count). The summed E-state index contributed by atoms with van der Waals surface area (Å²) in [4.78, 5) is 0. The lowest BCUT2D eigenvalue weighted by molar-refractivity contribution is -0.0333. The van der Waals surface area contributed by atoms with Gasteiger partial charge in [0.05, 0.1) is 12.7 Å². The molecule has 0 aliphatic heterocycles. The van der Waals surface area contributed by atoms with Gasteiger partial charge in [0.15, 0.2) is 11.6 Å². The molecule has 0 spiro atoms. The highest BCUT2D eigenvalue weighted by Crippen LogP contribution is 2.46. The summed E-state index contributed by atoms with van der Waals surface area (Å²) in [6.07, 6.45) is 3.01. The lowest BCUT2D eigenvalue weighted by Gasteiger charge is -2.40. The Kier molecular flexibility index (Phi) is 3.37. The summed E-state index contributed by atoms with van der Waals surface area (Å²) < 4.78 is 19.2. The molecule has 1 aliphatic carbocycles. The van der Waals surface area contributed by atoms with E-state index in [-0.39, 0.29) is 11.2 Å². The highest BCUT2D eigenvalue weighted by molar-refractivity contribution is 5.35. The summed E-state index contributed by atoms with van der Waals surface area (Å²) in [6, 6.07) is 4.97. The number of benzene rings is 1. The Morgan fingerprint density at radius 1 is 1.17 bits per heavy atom. The second-order valence-electron chi connectivity index (χ2n) is 6.02. The second kappa shape index (κ2) is 4.54. The zero-order valence-electron chi connectivity index (χ0n) is 11.3. The summed E-state index contributed by atoms with van der Waals surface area (Å²) in [7, 11) is 1.44. The summed E-state index contributed by atoms with van der Waals surface area (Å²) >= 11 is 0. The maximum absolute atomic E-state index is 14.2. The lowest BCUT2D eigenvalue weighted by Crippen LogP contribution is -2.35. The topological polar surface area (TPSA) is 29.5 Å². The van der Waals surface area contributed by atoms with Crippen LogP contribution in [0.25, 0.3) is 0 Å². The van der Waals surface area contributed by atoms with Crippen LogP contribution in [0.15, 0.2) is 18.2 Å². The first-order chi connectivity index (χ1) is 8.38. The molecule has 1 aromatic rings. The molecule has 2 nitrogen and oxygen atoms in total. The van der Waals surface area contributed by atoms with E-state index >= 15 is 0 Å². The van der Waals surface area contributed by atoms with Crippen LogP contribution in [-0.4, -0.2) is 12.2 Å². The Bertz CT molecular complexity index is 430. The van der Waals surface area contributed by atoms with Crippen molar-refractivity contribution < 1.29 is 14.2 Å². The third kappa shape index (κ3) is 2.37. The first kappa shape index (κ1) is 13.3. The van der Waals surface area contributed by atoms with Crippen LogP contribution in [0.3, 0.4) is 0 Å². The Labute approximate surface area is 108 Å². The number of aliphatic hydroxyl groups is 1. The molecule has 1 aliphatic rings. The van der Waals surface area contributed by atoms with Gasteiger partial charge in [-0.1, -0.05) is 26.0 Å². The molecule has 1 saturated carbocycles. The van der Waals surface area contributed by atoms with E-state index < -0.39 is 11.4 Å². The molecular weight excluding hydrogens is 231 g/mol. The molecule has 0 saturated heterocycles. The first-order valence-corrected chi connectivity index (χ1v) is 6.43. The molecule has 1 fully saturated rings. The van der Waals surface area contributed by atoms with E-state index in [4.69, 9.17) is 4.74 Å². The number of hydrogen-bond donors (Lipinski definition) is 1. The van der Waals surface area contributed by atoms with E-state index in [1.807, 2.05) is 0 Å². The van der Waals surface area contributed by atoms with Gasteiger partial charge in [-0.2, -0.15) is 0 Å². The van der Waals surface area contributed by atoms with Crippen molar-refractivity contribution in [2.24, 2.45) is 5.41 Å². The predicted octanol–water partition coefficient (Wildman–Crippen LogP) is 3.62. The minimum absolute atomic E-state index is 0.200.